The maximum absolute atomic E-state index is 13.5. The normalized spacial score (nSPS) is 20.2. The van der Waals surface area contributed by atoms with Crippen molar-refractivity contribution in [1.29, 1.82) is 0 Å². The minimum atomic E-state index is -1.35. The molecule has 164 valence electrons. The van der Waals surface area contributed by atoms with Gasteiger partial charge in [0.2, 0.25) is 5.91 Å². The third kappa shape index (κ3) is 3.36. The Morgan fingerprint density at radius 2 is 1.53 bits per heavy atom. The predicted molar refractivity (Wildman–Crippen MR) is 111 cm³/mol. The first-order chi connectivity index (χ1) is 15.4. The van der Waals surface area contributed by atoms with E-state index in [-0.39, 0.29) is 24.0 Å². The molecule has 0 saturated carbocycles. The summed E-state index contributed by atoms with van der Waals surface area (Å²) in [7, 11) is 1.16. The molecule has 0 radical (unpaired) electrons. The minimum Gasteiger partial charge on any atom is -0.468 e. The Labute approximate surface area is 183 Å². The summed E-state index contributed by atoms with van der Waals surface area (Å²) >= 11 is 0. The zero-order valence-electron chi connectivity index (χ0n) is 17.3. The summed E-state index contributed by atoms with van der Waals surface area (Å²) in [6.45, 7) is 0. The van der Waals surface area contributed by atoms with Gasteiger partial charge in [-0.05, 0) is 24.1 Å². The molecule has 2 aromatic carbocycles. The number of hydrogen-bond acceptors (Lipinski definition) is 7. The first kappa shape index (κ1) is 21.4. The number of methoxy groups -OCH3 is 1. The second-order valence-electron chi connectivity index (χ2n) is 7.59. The highest BCUT2D eigenvalue weighted by Crippen LogP contribution is 2.34. The van der Waals surface area contributed by atoms with Crippen LogP contribution in [0.3, 0.4) is 0 Å². The van der Waals surface area contributed by atoms with Crippen molar-refractivity contribution in [2.24, 2.45) is 5.73 Å². The first-order valence-electron chi connectivity index (χ1n) is 10.1. The average molecular weight is 435 g/mol. The van der Waals surface area contributed by atoms with Gasteiger partial charge in [-0.25, -0.2) is 0 Å². The van der Waals surface area contributed by atoms with E-state index in [1.807, 2.05) is 0 Å². The molecule has 0 spiro atoms. The number of esters is 1. The van der Waals surface area contributed by atoms with Gasteiger partial charge >= 0.3 is 5.97 Å². The van der Waals surface area contributed by atoms with Gasteiger partial charge in [-0.3, -0.25) is 33.8 Å². The summed E-state index contributed by atoms with van der Waals surface area (Å²) in [5.74, 6) is -3.29. The second kappa shape index (κ2) is 8.35. The topological polar surface area (TPSA) is 127 Å². The van der Waals surface area contributed by atoms with Crippen molar-refractivity contribution in [3.05, 3.63) is 71.3 Å². The number of carbonyl (C=O) groups is 5. The van der Waals surface area contributed by atoms with Gasteiger partial charge in [0.15, 0.2) is 0 Å². The lowest BCUT2D eigenvalue weighted by molar-refractivity contribution is -0.157. The van der Waals surface area contributed by atoms with Crippen molar-refractivity contribution in [2.75, 3.05) is 7.11 Å². The molecule has 1 saturated heterocycles. The standard InChI is InChI=1S/C23H21N3O6/c1-32-23(31)18(24)19(13-7-3-2-4-8-13)26-17(27)12-11-16(22(26)30)25-20(28)14-9-5-6-10-15(14)21(25)29/h2-10,16,18-19H,11-12,24H2,1H3/t16-,18?,19?/m0/s1. The summed E-state index contributed by atoms with van der Waals surface area (Å²) < 4.78 is 4.75. The van der Waals surface area contributed by atoms with Crippen LogP contribution in [0.4, 0.5) is 0 Å². The van der Waals surface area contributed by atoms with Crippen molar-refractivity contribution >= 4 is 29.6 Å². The van der Waals surface area contributed by atoms with Gasteiger partial charge in [0.25, 0.3) is 17.7 Å². The van der Waals surface area contributed by atoms with Crippen molar-refractivity contribution < 1.29 is 28.7 Å². The Bertz CT molecular complexity index is 1080. The molecule has 2 heterocycles. The molecule has 3 atom stereocenters. The Morgan fingerprint density at radius 3 is 2.09 bits per heavy atom. The number of amides is 4. The van der Waals surface area contributed by atoms with E-state index in [1.54, 1.807) is 42.5 Å². The van der Waals surface area contributed by atoms with Gasteiger partial charge in [0.1, 0.15) is 12.1 Å². The second-order valence-corrected chi connectivity index (χ2v) is 7.59. The number of likely N-dealkylation sites (tertiary alicyclic amines) is 1. The van der Waals surface area contributed by atoms with Gasteiger partial charge in [-0.1, -0.05) is 42.5 Å². The lowest BCUT2D eigenvalue weighted by Crippen LogP contribution is -2.60. The third-order valence-electron chi connectivity index (χ3n) is 5.79. The molecule has 0 aromatic heterocycles. The number of ether oxygens (including phenoxy) is 1. The van der Waals surface area contributed by atoms with Gasteiger partial charge in [-0.15, -0.1) is 0 Å². The largest absolute Gasteiger partial charge is 0.468 e. The Kier molecular flexibility index (Phi) is 5.58. The van der Waals surface area contributed by atoms with Crippen LogP contribution in [-0.4, -0.2) is 58.6 Å². The molecule has 2 aliphatic rings. The van der Waals surface area contributed by atoms with Crippen LogP contribution in [0.1, 0.15) is 45.2 Å². The smallest absolute Gasteiger partial charge is 0.325 e. The van der Waals surface area contributed by atoms with Gasteiger partial charge < -0.3 is 10.5 Å². The lowest BCUT2D eigenvalue weighted by atomic mass is 9.93. The number of fused-ring (bicyclic) bond motifs is 1. The van der Waals surface area contributed by atoms with Crippen LogP contribution in [0, 0.1) is 0 Å². The van der Waals surface area contributed by atoms with E-state index in [2.05, 4.69) is 0 Å². The van der Waals surface area contributed by atoms with E-state index in [0.29, 0.717) is 5.56 Å². The quantitative estimate of drug-likeness (QED) is 0.549. The number of imide groups is 2. The van der Waals surface area contributed by atoms with E-state index in [9.17, 15) is 24.0 Å². The predicted octanol–water partition coefficient (Wildman–Crippen LogP) is 1.04. The number of rotatable bonds is 5. The number of nitrogens with zero attached hydrogens (tertiary/aromatic N) is 2. The zero-order chi connectivity index (χ0) is 23.0. The molecule has 32 heavy (non-hydrogen) atoms. The Morgan fingerprint density at radius 1 is 0.969 bits per heavy atom. The van der Waals surface area contributed by atoms with Crippen LogP contribution < -0.4 is 5.73 Å². The summed E-state index contributed by atoms with van der Waals surface area (Å²) in [5, 5.41) is 0. The van der Waals surface area contributed by atoms with Crippen molar-refractivity contribution in [2.45, 2.75) is 31.0 Å². The first-order valence-corrected chi connectivity index (χ1v) is 10.1. The molecule has 1 fully saturated rings. The van der Waals surface area contributed by atoms with Crippen LogP contribution in [0.15, 0.2) is 54.6 Å². The van der Waals surface area contributed by atoms with Crippen LogP contribution >= 0.6 is 0 Å². The van der Waals surface area contributed by atoms with Crippen molar-refractivity contribution in [3.8, 4) is 0 Å². The van der Waals surface area contributed by atoms with E-state index < -0.39 is 47.7 Å². The van der Waals surface area contributed by atoms with E-state index >= 15 is 0 Å². The molecular weight excluding hydrogens is 414 g/mol. The molecule has 2 aromatic rings. The highest BCUT2D eigenvalue weighted by atomic mass is 16.5. The fourth-order valence-electron chi connectivity index (χ4n) is 4.24. The van der Waals surface area contributed by atoms with E-state index in [0.717, 1.165) is 16.9 Å². The fraction of sp³-hybridized carbons (Fsp3) is 0.261. The Balaban J connectivity index is 1.73. The maximum Gasteiger partial charge on any atom is 0.325 e. The average Bonchev–Trinajstić information content (AvgIpc) is 3.06. The summed E-state index contributed by atoms with van der Waals surface area (Å²) in [6, 6.07) is 11.0. The third-order valence-corrected chi connectivity index (χ3v) is 5.79. The molecule has 2 unspecified atom stereocenters. The number of hydrogen-bond donors (Lipinski definition) is 1. The van der Waals surface area contributed by atoms with Crippen LogP contribution in [0.2, 0.25) is 0 Å². The molecule has 4 rings (SSSR count). The molecule has 0 aliphatic carbocycles. The molecular formula is C23H21N3O6. The molecule has 9 nitrogen and oxygen atoms in total. The summed E-state index contributed by atoms with van der Waals surface area (Å²) in [4.78, 5) is 66.3. The van der Waals surface area contributed by atoms with E-state index in [4.69, 9.17) is 10.5 Å². The van der Waals surface area contributed by atoms with Gasteiger partial charge in [0.05, 0.1) is 24.3 Å². The summed E-state index contributed by atoms with van der Waals surface area (Å²) in [6.07, 6.45) is -0.102. The molecule has 9 heteroatoms. The number of piperidine rings is 1. The number of carbonyl (C=O) groups excluding carboxylic acids is 5. The highest BCUT2D eigenvalue weighted by molar-refractivity contribution is 6.23. The van der Waals surface area contributed by atoms with Gasteiger partial charge in [-0.2, -0.15) is 0 Å². The molecule has 2 N–H and O–H groups in total. The molecule has 2 aliphatic heterocycles. The van der Waals surface area contributed by atoms with Gasteiger partial charge in [0, 0.05) is 6.42 Å². The van der Waals surface area contributed by atoms with Crippen molar-refractivity contribution in [3.63, 3.8) is 0 Å². The monoisotopic (exact) mass is 435 g/mol. The molecule has 4 amide bonds. The zero-order valence-corrected chi connectivity index (χ0v) is 17.3. The number of benzene rings is 2. The van der Waals surface area contributed by atoms with Crippen molar-refractivity contribution in [1.82, 2.24) is 9.80 Å². The molecule has 0 bridgehead atoms. The minimum absolute atomic E-state index is 0.00535. The summed E-state index contributed by atoms with van der Waals surface area (Å²) in [5.41, 5.74) is 6.98. The fourth-order valence-corrected chi connectivity index (χ4v) is 4.24. The SMILES string of the molecule is COC(=O)C(N)C(c1ccccc1)N1C(=O)CC[C@H](N2C(=O)c3ccccc3C2=O)C1=O. The highest BCUT2D eigenvalue weighted by Gasteiger charge is 2.50. The van der Waals surface area contributed by atoms with Crippen LogP contribution in [-0.2, 0) is 19.1 Å². The maximum atomic E-state index is 13.5. The number of nitrogens with two attached hydrogens (primary N) is 1. The van der Waals surface area contributed by atoms with Crippen LogP contribution in [0.5, 0.6) is 0 Å². The lowest BCUT2D eigenvalue weighted by Gasteiger charge is -2.40. The van der Waals surface area contributed by atoms with E-state index in [1.165, 1.54) is 12.1 Å². The Hall–Kier alpha value is -3.85. The van der Waals surface area contributed by atoms with Crippen LogP contribution in [0.25, 0.3) is 0 Å².